The van der Waals surface area contributed by atoms with E-state index in [-0.39, 0.29) is 16.9 Å². The lowest BCUT2D eigenvalue weighted by Crippen LogP contribution is -2.40. The molecule has 0 saturated carbocycles. The molecule has 1 unspecified atom stereocenters. The number of halogens is 1. The van der Waals surface area contributed by atoms with Crippen LogP contribution in [0.25, 0.3) is 22.3 Å². The zero-order chi connectivity index (χ0) is 25.1. The number of fused-ring (bicyclic) bond motifs is 3. The molecule has 6 rings (SSSR count). The highest BCUT2D eigenvalue weighted by Crippen LogP contribution is 2.44. The fourth-order valence-electron chi connectivity index (χ4n) is 6.02. The molecule has 0 radical (unpaired) electrons. The largest absolute Gasteiger partial charge is 0.346 e. The second-order valence-corrected chi connectivity index (χ2v) is 11.1. The van der Waals surface area contributed by atoms with Gasteiger partial charge in [0.05, 0.1) is 5.69 Å². The number of aryl methyl sites for hydroxylation is 1. The Kier molecular flexibility index (Phi) is 5.37. The molecule has 36 heavy (non-hydrogen) atoms. The number of aromatic amines is 1. The first-order valence-electron chi connectivity index (χ1n) is 12.7. The molecule has 0 bridgehead atoms. The summed E-state index contributed by atoms with van der Waals surface area (Å²) in [5.74, 6) is 0. The van der Waals surface area contributed by atoms with E-state index in [0.29, 0.717) is 6.54 Å². The molecule has 2 aliphatic rings. The summed E-state index contributed by atoms with van der Waals surface area (Å²) in [6.07, 6.45) is 5.95. The molecule has 2 aliphatic heterocycles. The van der Waals surface area contributed by atoms with Crippen LogP contribution in [-0.4, -0.2) is 50.3 Å². The molecule has 1 fully saturated rings. The average Bonchev–Trinajstić information content (AvgIpc) is 3.64. The van der Waals surface area contributed by atoms with Crippen LogP contribution in [0.1, 0.15) is 50.4 Å². The van der Waals surface area contributed by atoms with E-state index in [4.69, 9.17) is 21.7 Å². The predicted octanol–water partition coefficient (Wildman–Crippen LogP) is 5.48. The Morgan fingerprint density at radius 1 is 1.22 bits per heavy atom. The van der Waals surface area contributed by atoms with Gasteiger partial charge < -0.3 is 15.2 Å². The van der Waals surface area contributed by atoms with Gasteiger partial charge in [0.25, 0.3) is 0 Å². The van der Waals surface area contributed by atoms with Crippen LogP contribution in [0.5, 0.6) is 0 Å². The van der Waals surface area contributed by atoms with Crippen molar-refractivity contribution < 1.29 is 4.79 Å². The number of nitrogens with one attached hydrogen (secondary N) is 2. The molecule has 2 N–H and O–H groups in total. The van der Waals surface area contributed by atoms with E-state index in [1.807, 2.05) is 36.2 Å². The monoisotopic (exact) mass is 502 g/mol. The van der Waals surface area contributed by atoms with Crippen molar-refractivity contribution in [3.8, 4) is 11.3 Å². The summed E-state index contributed by atoms with van der Waals surface area (Å²) in [6.45, 7) is 9.44. The SMILES string of the molecule is CCNC(=O)N1CCC2(CCn3nc(-c4cnc5[nH]cc(C(C)(C)c6cccc(Cl)c6)c5c4)cc32)C1. The molecule has 8 heteroatoms. The lowest BCUT2D eigenvalue weighted by molar-refractivity contribution is 0.206. The summed E-state index contributed by atoms with van der Waals surface area (Å²) in [7, 11) is 0. The maximum Gasteiger partial charge on any atom is 0.317 e. The Bertz CT molecular complexity index is 1470. The van der Waals surface area contributed by atoms with Crippen LogP contribution in [0, 0.1) is 0 Å². The van der Waals surface area contributed by atoms with Gasteiger partial charge in [-0.15, -0.1) is 0 Å². The molecule has 3 aromatic heterocycles. The lowest BCUT2D eigenvalue weighted by atomic mass is 9.78. The Balaban J connectivity index is 1.35. The van der Waals surface area contributed by atoms with Crippen molar-refractivity contribution >= 4 is 28.7 Å². The van der Waals surface area contributed by atoms with E-state index in [9.17, 15) is 4.79 Å². The minimum Gasteiger partial charge on any atom is -0.346 e. The van der Waals surface area contributed by atoms with Gasteiger partial charge in [-0.25, -0.2) is 9.78 Å². The van der Waals surface area contributed by atoms with Gasteiger partial charge in [0, 0.05) is 71.1 Å². The van der Waals surface area contributed by atoms with Gasteiger partial charge in [0.15, 0.2) is 0 Å². The topological polar surface area (TPSA) is 78.8 Å². The van der Waals surface area contributed by atoms with Crippen LogP contribution in [0.15, 0.2) is 48.8 Å². The number of likely N-dealkylation sites (tertiary alicyclic amines) is 1. The van der Waals surface area contributed by atoms with Gasteiger partial charge in [-0.1, -0.05) is 37.6 Å². The molecule has 5 heterocycles. The summed E-state index contributed by atoms with van der Waals surface area (Å²) < 4.78 is 2.13. The van der Waals surface area contributed by atoms with Crippen molar-refractivity contribution in [3.05, 3.63) is 70.6 Å². The van der Waals surface area contributed by atoms with Crippen LogP contribution in [-0.2, 0) is 17.4 Å². The molecular formula is C28H31ClN6O. The van der Waals surface area contributed by atoms with Crippen molar-refractivity contribution in [2.75, 3.05) is 19.6 Å². The number of nitrogens with zero attached hydrogens (tertiary/aromatic N) is 4. The molecule has 4 aromatic rings. The van der Waals surface area contributed by atoms with Crippen molar-refractivity contribution in [1.29, 1.82) is 0 Å². The van der Waals surface area contributed by atoms with Crippen LogP contribution < -0.4 is 5.32 Å². The molecule has 1 saturated heterocycles. The third kappa shape index (κ3) is 3.60. The lowest BCUT2D eigenvalue weighted by Gasteiger charge is -2.25. The smallest absolute Gasteiger partial charge is 0.317 e. The zero-order valence-electron chi connectivity index (χ0n) is 20.9. The maximum absolute atomic E-state index is 12.4. The average molecular weight is 503 g/mol. The second kappa shape index (κ2) is 8.37. The minimum atomic E-state index is -0.254. The Hall–Kier alpha value is -3.32. The summed E-state index contributed by atoms with van der Waals surface area (Å²) in [6, 6.07) is 12.5. The van der Waals surface area contributed by atoms with E-state index < -0.39 is 0 Å². The number of amides is 2. The van der Waals surface area contributed by atoms with E-state index in [1.165, 1.54) is 11.3 Å². The van der Waals surface area contributed by atoms with Gasteiger partial charge >= 0.3 is 6.03 Å². The molecule has 1 atom stereocenters. The number of hydrogen-bond donors (Lipinski definition) is 2. The van der Waals surface area contributed by atoms with Crippen molar-refractivity contribution in [3.63, 3.8) is 0 Å². The van der Waals surface area contributed by atoms with Gasteiger partial charge in [-0.2, -0.15) is 5.10 Å². The van der Waals surface area contributed by atoms with Crippen LogP contribution in [0.3, 0.4) is 0 Å². The third-order valence-corrected chi connectivity index (χ3v) is 8.38. The summed E-state index contributed by atoms with van der Waals surface area (Å²) in [5.41, 5.74) is 6.09. The normalized spacial score (nSPS) is 19.4. The first kappa shape index (κ1) is 23.1. The summed E-state index contributed by atoms with van der Waals surface area (Å²) >= 11 is 6.31. The van der Waals surface area contributed by atoms with Gasteiger partial charge in [0.1, 0.15) is 5.65 Å². The number of pyridine rings is 1. The number of hydrogen-bond acceptors (Lipinski definition) is 3. The van der Waals surface area contributed by atoms with Crippen molar-refractivity contribution in [2.45, 2.75) is 51.0 Å². The molecule has 1 spiro atoms. The van der Waals surface area contributed by atoms with E-state index >= 15 is 0 Å². The maximum atomic E-state index is 12.4. The molecule has 186 valence electrons. The molecule has 0 aliphatic carbocycles. The Morgan fingerprint density at radius 3 is 2.86 bits per heavy atom. The van der Waals surface area contributed by atoms with Crippen molar-refractivity contribution in [1.82, 2.24) is 30.0 Å². The van der Waals surface area contributed by atoms with E-state index in [2.05, 4.69) is 53.2 Å². The van der Waals surface area contributed by atoms with E-state index in [1.54, 1.807) is 0 Å². The summed E-state index contributed by atoms with van der Waals surface area (Å²) in [5, 5.41) is 9.73. The number of benzene rings is 1. The highest BCUT2D eigenvalue weighted by molar-refractivity contribution is 6.30. The standard InChI is InChI=1S/C28H31ClN6O/c1-4-30-26(36)34-10-8-28(17-34)9-11-35-24(28)14-23(33-35)18-12-21-22(16-32-25(21)31-15-18)27(2,3)19-6-5-7-20(29)13-19/h5-7,12-16H,4,8-11,17H2,1-3H3,(H,30,36)(H,31,32). The fraction of sp³-hybridized carbons (Fsp3) is 0.393. The number of carbonyl (C=O) groups is 1. The van der Waals surface area contributed by atoms with E-state index in [0.717, 1.165) is 65.4 Å². The Labute approximate surface area is 215 Å². The first-order valence-corrected chi connectivity index (χ1v) is 13.0. The van der Waals surface area contributed by atoms with Crippen LogP contribution in [0.4, 0.5) is 4.79 Å². The summed E-state index contributed by atoms with van der Waals surface area (Å²) in [4.78, 5) is 22.5. The first-order chi connectivity index (χ1) is 17.3. The highest BCUT2D eigenvalue weighted by Gasteiger charge is 2.46. The van der Waals surface area contributed by atoms with Gasteiger partial charge in [-0.05, 0) is 55.2 Å². The zero-order valence-corrected chi connectivity index (χ0v) is 21.7. The molecule has 7 nitrogen and oxygen atoms in total. The number of carbonyl (C=O) groups excluding carboxylic acids is 1. The number of H-pyrrole nitrogens is 1. The number of urea groups is 1. The fourth-order valence-corrected chi connectivity index (χ4v) is 6.21. The van der Waals surface area contributed by atoms with Crippen molar-refractivity contribution in [2.24, 2.45) is 0 Å². The quantitative estimate of drug-likeness (QED) is 0.387. The molecular weight excluding hydrogens is 472 g/mol. The molecule has 2 amide bonds. The number of aromatic nitrogens is 4. The Morgan fingerprint density at radius 2 is 2.06 bits per heavy atom. The minimum absolute atomic E-state index is 0.0122. The third-order valence-electron chi connectivity index (χ3n) is 8.14. The van der Waals surface area contributed by atoms with Gasteiger partial charge in [0.2, 0.25) is 0 Å². The van der Waals surface area contributed by atoms with Crippen LogP contribution in [0.2, 0.25) is 5.02 Å². The predicted molar refractivity (Wildman–Crippen MR) is 142 cm³/mol. The number of rotatable bonds is 4. The van der Waals surface area contributed by atoms with Gasteiger partial charge in [-0.3, -0.25) is 4.68 Å². The highest BCUT2D eigenvalue weighted by atomic mass is 35.5. The van der Waals surface area contributed by atoms with Crippen LogP contribution >= 0.6 is 11.6 Å². The second-order valence-electron chi connectivity index (χ2n) is 10.6. The molecule has 1 aromatic carbocycles.